The molecule has 0 saturated carbocycles. The molecule has 0 saturated heterocycles. The average Bonchev–Trinajstić information content (AvgIpc) is 2.78. The molecular weight excluding hydrogens is 364 g/mol. The van der Waals surface area contributed by atoms with Crippen LogP contribution in [0.3, 0.4) is 0 Å². The lowest BCUT2D eigenvalue weighted by Gasteiger charge is -2.47. The van der Waals surface area contributed by atoms with E-state index in [0.29, 0.717) is 5.92 Å². The number of ether oxygens (including phenoxy) is 1. The molecule has 0 aliphatic carbocycles. The van der Waals surface area contributed by atoms with Crippen molar-refractivity contribution in [2.75, 3.05) is 0 Å². The highest BCUT2D eigenvalue weighted by atomic mass is 16.5. The molecule has 0 fully saturated rings. The van der Waals surface area contributed by atoms with Crippen LogP contribution in [-0.2, 0) is 5.60 Å². The minimum atomic E-state index is -0.516. The molecule has 0 radical (unpaired) electrons. The van der Waals surface area contributed by atoms with Crippen LogP contribution in [0.15, 0.2) is 97.1 Å². The third-order valence-corrected chi connectivity index (χ3v) is 6.58. The van der Waals surface area contributed by atoms with Gasteiger partial charge in [0.15, 0.2) is 5.60 Å². The highest BCUT2D eigenvalue weighted by Gasteiger charge is 2.47. The molecule has 1 heterocycles. The van der Waals surface area contributed by atoms with Crippen molar-refractivity contribution in [3.05, 3.63) is 114 Å². The first-order valence-electron chi connectivity index (χ1n) is 10.8. The zero-order valence-electron chi connectivity index (χ0n) is 17.9. The molecule has 0 spiro atoms. The van der Waals surface area contributed by atoms with E-state index in [1.807, 2.05) is 0 Å². The van der Waals surface area contributed by atoms with E-state index >= 15 is 0 Å². The van der Waals surface area contributed by atoms with Crippen LogP contribution in [0, 0.1) is 5.41 Å². The van der Waals surface area contributed by atoms with Crippen LogP contribution in [0.1, 0.15) is 49.8 Å². The van der Waals surface area contributed by atoms with Crippen LogP contribution in [0.2, 0.25) is 0 Å². The van der Waals surface area contributed by atoms with E-state index in [9.17, 15) is 0 Å². The lowest BCUT2D eigenvalue weighted by Crippen LogP contribution is -2.42. The number of rotatable bonds is 2. The second-order valence-corrected chi connectivity index (χ2v) is 9.49. The molecule has 30 heavy (non-hydrogen) atoms. The van der Waals surface area contributed by atoms with Crippen LogP contribution in [-0.4, -0.2) is 0 Å². The Bertz CT molecular complexity index is 1130. The molecule has 0 N–H and O–H groups in total. The lowest BCUT2D eigenvalue weighted by atomic mass is 9.66. The van der Waals surface area contributed by atoms with E-state index in [-0.39, 0.29) is 5.41 Å². The third-order valence-electron chi connectivity index (χ3n) is 6.58. The van der Waals surface area contributed by atoms with Gasteiger partial charge in [-0.15, -0.1) is 0 Å². The largest absolute Gasteiger partial charge is 0.477 e. The van der Waals surface area contributed by atoms with Gasteiger partial charge in [-0.25, -0.2) is 0 Å². The van der Waals surface area contributed by atoms with Crippen molar-refractivity contribution in [2.24, 2.45) is 5.41 Å². The molecule has 150 valence electrons. The van der Waals surface area contributed by atoms with Gasteiger partial charge in [0.05, 0.1) is 0 Å². The molecule has 0 aromatic heterocycles. The second-order valence-electron chi connectivity index (χ2n) is 9.49. The zero-order valence-corrected chi connectivity index (χ0v) is 17.9. The molecule has 1 nitrogen and oxygen atoms in total. The maximum absolute atomic E-state index is 7.13. The van der Waals surface area contributed by atoms with Gasteiger partial charge in [0.1, 0.15) is 5.75 Å². The lowest BCUT2D eigenvalue weighted by molar-refractivity contribution is 0.0518. The summed E-state index contributed by atoms with van der Waals surface area (Å²) in [4.78, 5) is 0. The standard InChI is InChI=1S/C29H28O/c1-28(2,3)26-20-29(22-13-6-4-7-14-22,23-15-8-5-9-16-23)30-27-24-17-11-10-12-21(24)18-19-25(26)27/h4-19,26H,20H2,1-3H3. The third kappa shape index (κ3) is 3.01. The predicted octanol–water partition coefficient (Wildman–Crippen LogP) is 7.70. The summed E-state index contributed by atoms with van der Waals surface area (Å²) in [5, 5.41) is 2.42. The van der Waals surface area contributed by atoms with Gasteiger partial charge < -0.3 is 4.74 Å². The molecule has 0 bridgehead atoms. The minimum Gasteiger partial charge on any atom is -0.477 e. The number of benzene rings is 4. The smallest absolute Gasteiger partial charge is 0.160 e. The maximum Gasteiger partial charge on any atom is 0.160 e. The summed E-state index contributed by atoms with van der Waals surface area (Å²) >= 11 is 0. The molecule has 0 amide bonds. The summed E-state index contributed by atoms with van der Waals surface area (Å²) in [6.45, 7) is 7.05. The van der Waals surface area contributed by atoms with Crippen LogP contribution in [0.25, 0.3) is 10.8 Å². The molecule has 1 aliphatic rings. The van der Waals surface area contributed by atoms with Crippen molar-refractivity contribution in [3.8, 4) is 5.75 Å². The molecule has 4 aromatic rings. The summed E-state index contributed by atoms with van der Waals surface area (Å²) in [6.07, 6.45) is 0.913. The monoisotopic (exact) mass is 392 g/mol. The fourth-order valence-corrected chi connectivity index (χ4v) is 4.97. The first-order chi connectivity index (χ1) is 14.5. The van der Waals surface area contributed by atoms with Crippen molar-refractivity contribution in [2.45, 2.75) is 38.7 Å². The Kier molecular flexibility index (Phi) is 4.43. The van der Waals surface area contributed by atoms with E-state index in [2.05, 4.69) is 118 Å². The van der Waals surface area contributed by atoms with Crippen LogP contribution >= 0.6 is 0 Å². The number of fused-ring (bicyclic) bond motifs is 3. The first kappa shape index (κ1) is 18.9. The van der Waals surface area contributed by atoms with Gasteiger partial charge in [-0.3, -0.25) is 0 Å². The summed E-state index contributed by atoms with van der Waals surface area (Å²) in [5.74, 6) is 1.40. The van der Waals surface area contributed by atoms with Gasteiger partial charge in [0.25, 0.3) is 0 Å². The van der Waals surface area contributed by atoms with E-state index in [4.69, 9.17) is 4.74 Å². The van der Waals surface area contributed by atoms with E-state index in [0.717, 1.165) is 12.2 Å². The first-order valence-corrected chi connectivity index (χ1v) is 10.8. The highest BCUT2D eigenvalue weighted by Crippen LogP contribution is 2.56. The molecule has 1 heteroatoms. The van der Waals surface area contributed by atoms with Crippen molar-refractivity contribution in [1.29, 1.82) is 0 Å². The topological polar surface area (TPSA) is 9.23 Å². The fourth-order valence-electron chi connectivity index (χ4n) is 4.97. The Morgan fingerprint density at radius 2 is 1.27 bits per heavy atom. The summed E-state index contributed by atoms with van der Waals surface area (Å²) < 4.78 is 7.13. The van der Waals surface area contributed by atoms with Gasteiger partial charge in [0.2, 0.25) is 0 Å². The van der Waals surface area contributed by atoms with E-state index in [1.165, 1.54) is 27.5 Å². The normalized spacial score (nSPS) is 17.9. The Labute approximate surface area is 179 Å². The van der Waals surface area contributed by atoms with Gasteiger partial charge in [-0.2, -0.15) is 0 Å². The van der Waals surface area contributed by atoms with Crippen molar-refractivity contribution >= 4 is 10.8 Å². The number of hydrogen-bond donors (Lipinski definition) is 0. The van der Waals surface area contributed by atoms with Crippen molar-refractivity contribution in [3.63, 3.8) is 0 Å². The van der Waals surface area contributed by atoms with Crippen LogP contribution < -0.4 is 4.74 Å². The maximum atomic E-state index is 7.13. The highest BCUT2D eigenvalue weighted by molar-refractivity contribution is 5.90. The molecule has 1 unspecified atom stereocenters. The van der Waals surface area contributed by atoms with E-state index in [1.54, 1.807) is 0 Å². The Morgan fingerprint density at radius 1 is 0.700 bits per heavy atom. The second kappa shape index (κ2) is 7.02. The Balaban J connectivity index is 1.83. The van der Waals surface area contributed by atoms with Crippen LogP contribution in [0.4, 0.5) is 0 Å². The summed E-state index contributed by atoms with van der Waals surface area (Å²) in [6, 6.07) is 34.6. The Morgan fingerprint density at radius 3 is 1.87 bits per heavy atom. The average molecular weight is 393 g/mol. The number of hydrogen-bond acceptors (Lipinski definition) is 1. The van der Waals surface area contributed by atoms with Gasteiger partial charge in [-0.1, -0.05) is 118 Å². The van der Waals surface area contributed by atoms with Crippen LogP contribution in [0.5, 0.6) is 5.75 Å². The molecule has 5 rings (SSSR count). The molecular formula is C29H28O. The van der Waals surface area contributed by atoms with Gasteiger partial charge in [0, 0.05) is 11.8 Å². The molecule has 4 aromatic carbocycles. The van der Waals surface area contributed by atoms with Gasteiger partial charge in [-0.05, 0) is 33.4 Å². The molecule has 1 aliphatic heterocycles. The quantitative estimate of drug-likeness (QED) is 0.340. The summed E-state index contributed by atoms with van der Waals surface area (Å²) in [5.41, 5.74) is 3.34. The van der Waals surface area contributed by atoms with Gasteiger partial charge >= 0.3 is 0 Å². The molecule has 1 atom stereocenters. The van der Waals surface area contributed by atoms with E-state index < -0.39 is 5.60 Å². The van der Waals surface area contributed by atoms with Crippen molar-refractivity contribution in [1.82, 2.24) is 0 Å². The van der Waals surface area contributed by atoms with Crippen molar-refractivity contribution < 1.29 is 4.74 Å². The summed E-state index contributed by atoms with van der Waals surface area (Å²) in [7, 11) is 0. The zero-order chi connectivity index (χ0) is 20.8. The minimum absolute atomic E-state index is 0.107. The fraction of sp³-hybridized carbons (Fsp3) is 0.241. The SMILES string of the molecule is CC(C)(C)C1CC(c2ccccc2)(c2ccccc2)Oc2c1ccc1ccccc21. The Hall–Kier alpha value is -3.06. The predicted molar refractivity (Wildman–Crippen MR) is 125 cm³/mol.